The fourth-order valence-electron chi connectivity index (χ4n) is 2.99. The van der Waals surface area contributed by atoms with Gasteiger partial charge in [0.25, 0.3) is 0 Å². The van der Waals surface area contributed by atoms with Crippen molar-refractivity contribution in [1.29, 1.82) is 0 Å². The van der Waals surface area contributed by atoms with Gasteiger partial charge >= 0.3 is 0 Å². The molecule has 0 amide bonds. The number of methoxy groups -OCH3 is 1. The zero-order chi connectivity index (χ0) is 14.8. The molecule has 0 aliphatic carbocycles. The van der Waals surface area contributed by atoms with E-state index in [9.17, 15) is 5.11 Å². The van der Waals surface area contributed by atoms with Gasteiger partial charge in [-0.1, -0.05) is 0 Å². The zero-order valence-corrected chi connectivity index (χ0v) is 12.4. The van der Waals surface area contributed by atoms with E-state index in [1.165, 1.54) is 7.11 Å². The summed E-state index contributed by atoms with van der Waals surface area (Å²) in [7, 11) is 1.46. The summed E-state index contributed by atoms with van der Waals surface area (Å²) < 4.78 is 33.9. The average molecular weight is 290 g/mol. The van der Waals surface area contributed by atoms with Crippen molar-refractivity contribution >= 4 is 0 Å². The summed E-state index contributed by atoms with van der Waals surface area (Å²) in [4.78, 5) is 0. The first kappa shape index (κ1) is 14.6. The number of aliphatic hydroxyl groups excluding tert-OH is 1. The molecule has 0 unspecified atom stereocenters. The standard InChI is InChI=1S/C13H22O7/c1-11(2)16-6-7(17-11)13(15-5)9(14)8-10(20-13)19-12(3,4)18-8/h7-10,14H,6H2,1-5H3/t7-,8-,9-,10+,13+/m1/s1. The molecule has 7 nitrogen and oxygen atoms in total. The van der Waals surface area contributed by atoms with E-state index in [1.807, 2.05) is 0 Å². The molecule has 0 radical (unpaired) electrons. The van der Waals surface area contributed by atoms with Crippen LogP contribution in [0.25, 0.3) is 0 Å². The van der Waals surface area contributed by atoms with E-state index in [0.29, 0.717) is 0 Å². The van der Waals surface area contributed by atoms with Gasteiger partial charge in [0.05, 0.1) is 6.61 Å². The van der Waals surface area contributed by atoms with E-state index >= 15 is 0 Å². The fraction of sp³-hybridized carbons (Fsp3) is 1.00. The van der Waals surface area contributed by atoms with Crippen LogP contribution in [0.5, 0.6) is 0 Å². The van der Waals surface area contributed by atoms with E-state index in [4.69, 9.17) is 28.4 Å². The van der Waals surface area contributed by atoms with Crippen molar-refractivity contribution in [3.05, 3.63) is 0 Å². The summed E-state index contributed by atoms with van der Waals surface area (Å²) in [6, 6.07) is 0. The van der Waals surface area contributed by atoms with Gasteiger partial charge in [0.1, 0.15) is 18.3 Å². The van der Waals surface area contributed by atoms with Crippen molar-refractivity contribution in [1.82, 2.24) is 0 Å². The molecule has 0 aromatic heterocycles. The molecule has 3 aliphatic heterocycles. The smallest absolute Gasteiger partial charge is 0.229 e. The molecule has 0 spiro atoms. The molecular formula is C13H22O7. The van der Waals surface area contributed by atoms with Crippen molar-refractivity contribution < 1.29 is 33.5 Å². The predicted molar refractivity (Wildman–Crippen MR) is 65.6 cm³/mol. The maximum absolute atomic E-state index is 10.6. The minimum absolute atomic E-state index is 0.265. The first-order valence-corrected chi connectivity index (χ1v) is 6.77. The third-order valence-electron chi connectivity index (χ3n) is 3.89. The Morgan fingerprint density at radius 2 is 1.70 bits per heavy atom. The Bertz CT molecular complexity index is 396. The molecule has 116 valence electrons. The highest BCUT2D eigenvalue weighted by atomic mass is 16.9. The molecule has 0 bridgehead atoms. The Labute approximate surface area is 118 Å². The van der Waals surface area contributed by atoms with Crippen LogP contribution in [0.15, 0.2) is 0 Å². The fourth-order valence-corrected chi connectivity index (χ4v) is 2.99. The lowest BCUT2D eigenvalue weighted by Crippen LogP contribution is -2.56. The van der Waals surface area contributed by atoms with Crippen LogP contribution in [0.3, 0.4) is 0 Å². The van der Waals surface area contributed by atoms with Crippen LogP contribution in [0.2, 0.25) is 0 Å². The molecule has 5 atom stereocenters. The Balaban J connectivity index is 1.82. The van der Waals surface area contributed by atoms with Gasteiger partial charge in [0, 0.05) is 7.11 Å². The molecule has 0 aromatic rings. The normalized spacial score (nSPS) is 49.5. The molecule has 3 aliphatic rings. The SMILES string of the molecule is CO[C@@]1([C@H]2COC(C)(C)O2)O[C@@H]2OC(C)(C)O[C@@H]2[C@H]1O. The summed E-state index contributed by atoms with van der Waals surface area (Å²) in [6.07, 6.45) is -2.88. The summed E-state index contributed by atoms with van der Waals surface area (Å²) in [6.45, 7) is 7.41. The first-order valence-electron chi connectivity index (χ1n) is 6.77. The Kier molecular flexibility index (Phi) is 3.19. The van der Waals surface area contributed by atoms with Crippen LogP contribution in [-0.4, -0.2) is 60.8 Å². The van der Waals surface area contributed by atoms with Gasteiger partial charge in [0.15, 0.2) is 17.9 Å². The number of hydrogen-bond acceptors (Lipinski definition) is 7. The van der Waals surface area contributed by atoms with Crippen LogP contribution < -0.4 is 0 Å². The van der Waals surface area contributed by atoms with Gasteiger partial charge in [-0.05, 0) is 27.7 Å². The molecule has 3 rings (SSSR count). The maximum atomic E-state index is 10.6. The average Bonchev–Trinajstić information content (AvgIpc) is 2.91. The highest BCUT2D eigenvalue weighted by molar-refractivity contribution is 5.03. The highest BCUT2D eigenvalue weighted by Gasteiger charge is 2.67. The van der Waals surface area contributed by atoms with Crippen molar-refractivity contribution in [2.24, 2.45) is 0 Å². The third-order valence-corrected chi connectivity index (χ3v) is 3.89. The molecular weight excluding hydrogens is 268 g/mol. The Morgan fingerprint density at radius 3 is 2.20 bits per heavy atom. The number of aliphatic hydroxyl groups is 1. The van der Waals surface area contributed by atoms with Gasteiger partial charge in [-0.25, -0.2) is 0 Å². The largest absolute Gasteiger partial charge is 0.384 e. The second kappa shape index (κ2) is 4.36. The summed E-state index contributed by atoms with van der Waals surface area (Å²) in [5.41, 5.74) is 0. The van der Waals surface area contributed by atoms with Crippen molar-refractivity contribution in [3.63, 3.8) is 0 Å². The number of rotatable bonds is 2. The minimum Gasteiger partial charge on any atom is -0.384 e. The van der Waals surface area contributed by atoms with Crippen molar-refractivity contribution in [2.45, 2.75) is 69.7 Å². The van der Waals surface area contributed by atoms with Gasteiger partial charge in [-0.2, -0.15) is 0 Å². The molecule has 1 N–H and O–H groups in total. The van der Waals surface area contributed by atoms with Gasteiger partial charge in [0.2, 0.25) is 5.79 Å². The number of ether oxygens (including phenoxy) is 6. The Morgan fingerprint density at radius 1 is 1.00 bits per heavy atom. The van der Waals surface area contributed by atoms with Crippen molar-refractivity contribution in [3.8, 4) is 0 Å². The lowest BCUT2D eigenvalue weighted by Gasteiger charge is -2.36. The number of hydrogen-bond donors (Lipinski definition) is 1. The van der Waals surface area contributed by atoms with E-state index < -0.39 is 42.0 Å². The third kappa shape index (κ3) is 2.09. The summed E-state index contributed by atoms with van der Waals surface area (Å²) in [5.74, 6) is -2.87. The predicted octanol–water partition coefficient (Wildman–Crippen LogP) is 0.349. The molecule has 20 heavy (non-hydrogen) atoms. The number of fused-ring (bicyclic) bond motifs is 1. The van der Waals surface area contributed by atoms with Crippen LogP contribution >= 0.6 is 0 Å². The van der Waals surface area contributed by atoms with E-state index in [2.05, 4.69) is 0 Å². The van der Waals surface area contributed by atoms with Gasteiger partial charge < -0.3 is 33.5 Å². The van der Waals surface area contributed by atoms with Crippen LogP contribution in [0, 0.1) is 0 Å². The van der Waals surface area contributed by atoms with Gasteiger partial charge in [-0.3, -0.25) is 0 Å². The van der Waals surface area contributed by atoms with Crippen LogP contribution in [0.1, 0.15) is 27.7 Å². The molecule has 3 fully saturated rings. The quantitative estimate of drug-likeness (QED) is 0.786. The Hall–Kier alpha value is -0.280. The van der Waals surface area contributed by atoms with Crippen LogP contribution in [0.4, 0.5) is 0 Å². The summed E-state index contributed by atoms with van der Waals surface area (Å²) in [5, 5.41) is 10.6. The first-order chi connectivity index (χ1) is 9.19. The molecule has 7 heteroatoms. The van der Waals surface area contributed by atoms with E-state index in [-0.39, 0.29) is 6.61 Å². The molecule has 3 heterocycles. The van der Waals surface area contributed by atoms with Gasteiger partial charge in [-0.15, -0.1) is 0 Å². The second-order valence-corrected chi connectivity index (χ2v) is 6.27. The lowest BCUT2D eigenvalue weighted by molar-refractivity contribution is -0.341. The van der Waals surface area contributed by atoms with E-state index in [0.717, 1.165) is 0 Å². The molecule has 0 saturated carbocycles. The maximum Gasteiger partial charge on any atom is 0.229 e. The van der Waals surface area contributed by atoms with Crippen molar-refractivity contribution in [2.75, 3.05) is 13.7 Å². The molecule has 0 aromatic carbocycles. The van der Waals surface area contributed by atoms with E-state index in [1.54, 1.807) is 27.7 Å². The minimum atomic E-state index is -1.35. The topological polar surface area (TPSA) is 75.6 Å². The highest BCUT2D eigenvalue weighted by Crippen LogP contribution is 2.46. The molecule has 3 saturated heterocycles. The summed E-state index contributed by atoms with van der Waals surface area (Å²) >= 11 is 0. The monoisotopic (exact) mass is 290 g/mol. The second-order valence-electron chi connectivity index (χ2n) is 6.27. The van der Waals surface area contributed by atoms with Crippen LogP contribution in [-0.2, 0) is 28.4 Å². The lowest BCUT2D eigenvalue weighted by atomic mass is 10.0. The zero-order valence-electron chi connectivity index (χ0n) is 12.4.